The van der Waals surface area contributed by atoms with Crippen LogP contribution in [0.4, 0.5) is 49.1 Å². The van der Waals surface area contributed by atoms with Gasteiger partial charge in [0.1, 0.15) is 33.0 Å². The summed E-state index contributed by atoms with van der Waals surface area (Å²) in [7, 11) is 0. The number of nitrogens with zero attached hydrogens (tertiary/aromatic N) is 3. The van der Waals surface area contributed by atoms with Crippen LogP contribution in [-0.4, -0.2) is 71.2 Å². The van der Waals surface area contributed by atoms with E-state index < -0.39 is 18.4 Å². The standard InChI is InChI=1S/C67H64N2O4S2.C27H36Br2O4.C20H14NS.3CH3.Sn/c1-2-3-4-5-6-18-42-70-61-47-58(64-39-41-66(75-64)69(54-32-11-8-12-33-54)60-37-22-28-51-26-14-16-35-56(51)60)62(71-43-19-17-23-49-24-20-29-52(46-49)67-72-44-45-73-67)48-57(61)63-38-40-65(74-63)68(53-30-9-7-10-31-53)59-36-21-27-50-25-13-15-34-55(50)59;1-2-3-4-5-6-8-14-30-25-19-24(29)26(20-23(25)28)31-15-9-7-11-21-12-10-13-22(18-21)27-32-16-17-33-27;1-2-10-17(11-3-1)21(20-14-7-15-22-20)19-13-6-9-16-8-4-5-12-18(16)19;;;;/h7-16,20-22,24-41,46-48,67H,2-6,17-19,23,42-45H2,1H3;10,12-13,18-20,27H,2-9,11,14-17H2,1H3;1-14H;3*1H3;. The molecule has 16 aromatic rings. The summed E-state index contributed by atoms with van der Waals surface area (Å²) in [6.07, 6.45) is 20.1. The molecule has 0 N–H and O–H groups in total. The van der Waals surface area contributed by atoms with Gasteiger partial charge >= 0.3 is 164 Å². The molecule has 0 unspecified atom stereocenters. The third-order valence-electron chi connectivity index (χ3n) is 24.3. The molecule has 0 bridgehead atoms. The van der Waals surface area contributed by atoms with E-state index in [2.05, 4.69) is 391 Å². The summed E-state index contributed by atoms with van der Waals surface area (Å²) < 4.78 is 52.4. The molecule has 0 spiro atoms. The van der Waals surface area contributed by atoms with Crippen LogP contribution in [0.15, 0.2) is 337 Å². The van der Waals surface area contributed by atoms with Crippen LogP contribution in [0.25, 0.3) is 53.2 Å². The zero-order valence-corrected chi connectivity index (χ0v) is 86.3. The normalized spacial score (nSPS) is 12.8. The van der Waals surface area contributed by atoms with Crippen LogP contribution in [0.1, 0.15) is 151 Å². The maximum atomic E-state index is 7.06. The number of thiophene rings is 3. The predicted octanol–water partition coefficient (Wildman–Crippen LogP) is 34.9. The van der Waals surface area contributed by atoms with E-state index in [1.54, 1.807) is 25.6 Å². The van der Waals surface area contributed by atoms with Gasteiger partial charge in [0.05, 0.1) is 73.2 Å². The summed E-state index contributed by atoms with van der Waals surface area (Å²) >= 11 is 10.7. The molecule has 0 atom stereocenters. The van der Waals surface area contributed by atoms with Crippen LogP contribution in [0.5, 0.6) is 23.0 Å². The van der Waals surface area contributed by atoms with Gasteiger partial charge in [0, 0.05) is 54.2 Å². The number of para-hydroxylation sites is 3. The number of hydrogen-bond acceptors (Lipinski definition) is 14. The van der Waals surface area contributed by atoms with E-state index in [9.17, 15) is 0 Å². The number of rotatable bonds is 42. The Morgan fingerprint density at radius 3 is 1.00 bits per heavy atom. The second-order valence-electron chi connectivity index (χ2n) is 35.2. The topological polar surface area (TPSA) is 83.6 Å². The molecule has 0 amide bonds. The van der Waals surface area contributed by atoms with E-state index in [0.29, 0.717) is 46.2 Å². The number of unbranched alkanes of at least 4 members (excludes halogenated alkanes) is 12. The molecule has 2 fully saturated rings. The minimum absolute atomic E-state index is 0.207. The Labute approximate surface area is 826 Å². The Bertz CT molecular complexity index is 6360. The van der Waals surface area contributed by atoms with Gasteiger partial charge in [-0.2, -0.15) is 0 Å². The van der Waals surface area contributed by atoms with E-state index in [0.717, 1.165) is 161 Å². The van der Waals surface area contributed by atoms with Crippen molar-refractivity contribution >= 4 is 169 Å². The summed E-state index contributed by atoms with van der Waals surface area (Å²) in [6, 6.07) is 117. The summed E-state index contributed by atoms with van der Waals surface area (Å²) in [5, 5.41) is 10.9. The first-order chi connectivity index (χ1) is 65.9. The number of ether oxygens (including phenoxy) is 8. The molecule has 134 heavy (non-hydrogen) atoms. The number of halogens is 2. The molecule has 18 rings (SSSR count). The van der Waals surface area contributed by atoms with Crippen molar-refractivity contribution < 1.29 is 37.9 Å². The fourth-order valence-corrected chi connectivity index (χ4v) is 26.6. The Morgan fingerprint density at radius 2 is 0.627 bits per heavy atom. The van der Waals surface area contributed by atoms with Crippen molar-refractivity contribution in [2.75, 3.05) is 67.6 Å². The maximum absolute atomic E-state index is 7.06. The van der Waals surface area contributed by atoms with Gasteiger partial charge in [-0.05, 0) is 190 Å². The number of fused-ring (bicyclic) bond motifs is 3. The zero-order valence-electron chi connectivity index (χ0n) is 77.8. The van der Waals surface area contributed by atoms with E-state index in [4.69, 9.17) is 37.9 Å². The SMILES string of the molecule is CCCCCCCCOc1cc(-c2ccc(N(c3ccccc3)c3cccc4ccccc34)s2)c(OCCCCc2cccc(C3OCCO3)c2)cc1-c1ccc(N(c2ccccc2)c2cccc3ccccc23)s1.CCCCCCCCOc1cc(Br)c(OCCCCc2cccc(C3OCCO3)c2)cc1Br.[CH3][Sn]([CH3])([CH3])[c]1ccc(N(c2ccccc2)c2cccc3ccccc23)s1. The second-order valence-corrected chi connectivity index (χ2v) is 55.5. The number of benzene rings is 13. The van der Waals surface area contributed by atoms with Gasteiger partial charge in [-0.25, -0.2) is 0 Å². The van der Waals surface area contributed by atoms with E-state index in [-0.39, 0.29) is 12.6 Å². The van der Waals surface area contributed by atoms with Crippen molar-refractivity contribution in [2.45, 2.75) is 157 Å². The van der Waals surface area contributed by atoms with Gasteiger partial charge in [-0.1, -0.05) is 236 Å². The first-order valence-electron chi connectivity index (χ1n) is 48.0. The monoisotopic (exact) mass is 2070 g/mol. The van der Waals surface area contributed by atoms with Crippen LogP contribution < -0.4 is 36.5 Å². The summed E-state index contributed by atoms with van der Waals surface area (Å²) in [4.78, 5) is 16.9. The number of aryl methyl sites for hydroxylation is 2. The van der Waals surface area contributed by atoms with Crippen LogP contribution in [0, 0.1) is 0 Å². The van der Waals surface area contributed by atoms with Crippen LogP contribution in [-0.2, 0) is 31.8 Å². The average molecular weight is 2070 g/mol. The van der Waals surface area contributed by atoms with Crippen molar-refractivity contribution in [2.24, 2.45) is 0 Å². The third kappa shape index (κ3) is 26.0. The van der Waals surface area contributed by atoms with Crippen LogP contribution >= 0.6 is 65.9 Å². The summed E-state index contributed by atoms with van der Waals surface area (Å²) in [5.41, 5.74) is 13.8. The van der Waals surface area contributed by atoms with Gasteiger partial charge < -0.3 is 47.7 Å². The van der Waals surface area contributed by atoms with E-state index >= 15 is 0 Å². The molecule has 11 nitrogen and oxygen atoms in total. The number of anilines is 9. The van der Waals surface area contributed by atoms with Crippen LogP contribution in [0.2, 0.25) is 14.8 Å². The third-order valence-corrected chi connectivity index (χ3v) is 38.3. The molecule has 2 saturated heterocycles. The Hall–Kier alpha value is -10.1. The predicted molar refractivity (Wildman–Crippen MR) is 576 cm³/mol. The van der Waals surface area contributed by atoms with Crippen molar-refractivity contribution in [3.05, 3.63) is 359 Å². The Balaban J connectivity index is 0.000000180. The van der Waals surface area contributed by atoms with Gasteiger partial charge in [0.15, 0.2) is 12.6 Å². The Kier molecular flexibility index (Phi) is 35.9. The molecule has 0 saturated carbocycles. The molecular formula is C117H123Br2N3O8S3Sn. The molecule has 5 heterocycles. The minimum atomic E-state index is -2.08. The number of hydrogen-bond donors (Lipinski definition) is 0. The van der Waals surface area contributed by atoms with Gasteiger partial charge in [0.2, 0.25) is 0 Å². The molecule has 3 aromatic heterocycles. The fraction of sp³-hybridized carbons (Fsp3) is 0.282. The van der Waals surface area contributed by atoms with Crippen molar-refractivity contribution in [1.82, 2.24) is 0 Å². The molecule has 2 aliphatic rings. The van der Waals surface area contributed by atoms with Crippen molar-refractivity contribution in [1.29, 1.82) is 0 Å². The van der Waals surface area contributed by atoms with E-state index in [1.165, 1.54) is 118 Å². The van der Waals surface area contributed by atoms with Crippen LogP contribution in [0.3, 0.4) is 0 Å². The first kappa shape index (κ1) is 97.0. The molecule has 690 valence electrons. The average Bonchev–Trinajstić information content (AvgIpc) is 1.57. The van der Waals surface area contributed by atoms with Gasteiger partial charge in [0.25, 0.3) is 0 Å². The first-order valence-corrected chi connectivity index (χ1v) is 62.0. The molecular weight excluding hydrogens is 1950 g/mol. The zero-order chi connectivity index (χ0) is 92.1. The molecule has 0 aliphatic carbocycles. The molecule has 2 aliphatic heterocycles. The summed E-state index contributed by atoms with van der Waals surface area (Å²) in [6.45, 7) is 9.77. The van der Waals surface area contributed by atoms with Gasteiger partial charge in [-0.15, -0.1) is 22.7 Å². The molecule has 0 radical (unpaired) electrons. The fourth-order valence-electron chi connectivity index (χ4n) is 17.3. The molecule has 17 heteroatoms. The molecule has 13 aromatic carbocycles. The van der Waals surface area contributed by atoms with Crippen molar-refractivity contribution in [3.8, 4) is 43.9 Å². The van der Waals surface area contributed by atoms with Gasteiger partial charge in [-0.3, -0.25) is 0 Å². The second kappa shape index (κ2) is 49.6. The van der Waals surface area contributed by atoms with Crippen molar-refractivity contribution in [3.63, 3.8) is 0 Å². The quantitative estimate of drug-likeness (QED) is 0.0271. The van der Waals surface area contributed by atoms with E-state index in [1.807, 2.05) is 23.5 Å². The Morgan fingerprint density at radius 1 is 0.306 bits per heavy atom. The summed E-state index contributed by atoms with van der Waals surface area (Å²) in [5.74, 6) is 3.42.